The zero-order valence-corrected chi connectivity index (χ0v) is 16.2. The number of anilines is 1. The van der Waals surface area contributed by atoms with Gasteiger partial charge >= 0.3 is 12.2 Å². The van der Waals surface area contributed by atoms with Crippen molar-refractivity contribution in [2.24, 2.45) is 0 Å². The third kappa shape index (κ3) is 5.98. The minimum absolute atomic E-state index is 0.0541. The van der Waals surface area contributed by atoms with Crippen LogP contribution in [0.4, 0.5) is 21.1 Å². The Morgan fingerprint density at radius 2 is 1.58 bits per heavy atom. The molecule has 0 N–H and O–H groups in total. The number of pyridine rings is 1. The van der Waals surface area contributed by atoms with E-state index in [2.05, 4.69) is 4.98 Å². The summed E-state index contributed by atoms with van der Waals surface area (Å²) in [5.74, 6) is -0.0541. The maximum atomic E-state index is 12.6. The molecule has 1 heterocycles. The molecular weight excluding hydrogens is 342 g/mol. The fourth-order valence-corrected chi connectivity index (χ4v) is 1.91. The van der Waals surface area contributed by atoms with Gasteiger partial charge in [0.05, 0.1) is 4.92 Å². The van der Waals surface area contributed by atoms with E-state index in [0.717, 1.165) is 6.20 Å². The molecule has 0 aliphatic carbocycles. The molecule has 0 bridgehead atoms. The summed E-state index contributed by atoms with van der Waals surface area (Å²) in [5.41, 5.74) is -1.61. The van der Waals surface area contributed by atoms with Crippen LogP contribution >= 0.6 is 0 Å². The molecule has 9 nitrogen and oxygen atoms in total. The lowest BCUT2D eigenvalue weighted by atomic mass is 10.1. The SMILES string of the molecule is CCc1cc([N+](=O)[O-])cnc1N(C(=O)OC(C)(C)C)C(=O)OC(C)(C)C. The quantitative estimate of drug-likeness (QED) is 0.580. The third-order valence-electron chi connectivity index (χ3n) is 2.88. The van der Waals surface area contributed by atoms with Crippen LogP contribution in [-0.2, 0) is 15.9 Å². The van der Waals surface area contributed by atoms with Gasteiger partial charge in [-0.1, -0.05) is 6.92 Å². The number of carbonyl (C=O) groups excluding carboxylic acids is 2. The first-order chi connectivity index (χ1) is 11.7. The second kappa shape index (κ2) is 7.67. The molecule has 0 spiro atoms. The number of nitro groups is 1. The summed E-state index contributed by atoms with van der Waals surface area (Å²) in [4.78, 5) is 40.2. The molecule has 1 rings (SSSR count). The largest absolute Gasteiger partial charge is 0.443 e. The van der Waals surface area contributed by atoms with Crippen LogP contribution in [0.15, 0.2) is 12.3 Å². The van der Waals surface area contributed by atoms with E-state index >= 15 is 0 Å². The Bertz CT molecular complexity index is 675. The molecule has 1 aromatic heterocycles. The molecule has 9 heteroatoms. The highest BCUT2D eigenvalue weighted by atomic mass is 16.6. The molecule has 1 aromatic rings. The highest BCUT2D eigenvalue weighted by Gasteiger charge is 2.35. The molecule has 144 valence electrons. The normalized spacial score (nSPS) is 11.7. The van der Waals surface area contributed by atoms with Gasteiger partial charge in [0.2, 0.25) is 0 Å². The fourth-order valence-electron chi connectivity index (χ4n) is 1.91. The van der Waals surface area contributed by atoms with Crippen LogP contribution in [0.2, 0.25) is 0 Å². The smallest absolute Gasteiger partial charge is 0.425 e. The van der Waals surface area contributed by atoms with Gasteiger partial charge in [0.1, 0.15) is 17.4 Å². The first kappa shape index (κ1) is 21.3. The van der Waals surface area contributed by atoms with Gasteiger partial charge in [0.15, 0.2) is 5.82 Å². The molecule has 0 atom stereocenters. The van der Waals surface area contributed by atoms with Crippen LogP contribution in [0.25, 0.3) is 0 Å². The fraction of sp³-hybridized carbons (Fsp3) is 0.588. The maximum Gasteiger partial charge on any atom is 0.425 e. The molecule has 2 amide bonds. The molecule has 26 heavy (non-hydrogen) atoms. The standard InChI is InChI=1S/C17H25N3O6/c1-8-11-9-12(20(23)24)10-18-13(11)19(14(21)25-16(2,3)4)15(22)26-17(5,6)7/h9-10H,8H2,1-7H3. The highest BCUT2D eigenvalue weighted by Crippen LogP contribution is 2.26. The van der Waals surface area contributed by atoms with Crippen molar-refractivity contribution in [2.45, 2.75) is 66.1 Å². The van der Waals surface area contributed by atoms with Crippen LogP contribution in [0.5, 0.6) is 0 Å². The highest BCUT2D eigenvalue weighted by molar-refractivity contribution is 6.09. The van der Waals surface area contributed by atoms with Crippen molar-refractivity contribution in [1.29, 1.82) is 0 Å². The lowest BCUT2D eigenvalue weighted by Crippen LogP contribution is -2.44. The Labute approximate surface area is 152 Å². The number of imide groups is 1. The summed E-state index contributed by atoms with van der Waals surface area (Å²) in [5, 5.41) is 11.0. The summed E-state index contributed by atoms with van der Waals surface area (Å²) in [6.45, 7) is 11.7. The van der Waals surface area contributed by atoms with Crippen LogP contribution in [0, 0.1) is 10.1 Å². The summed E-state index contributed by atoms with van der Waals surface area (Å²) < 4.78 is 10.6. The van der Waals surface area contributed by atoms with E-state index in [4.69, 9.17) is 9.47 Å². The molecule has 0 aromatic carbocycles. The van der Waals surface area contributed by atoms with Crippen LogP contribution in [0.1, 0.15) is 54.0 Å². The number of aryl methyl sites for hydroxylation is 1. The number of rotatable bonds is 3. The molecule has 0 radical (unpaired) electrons. The Hall–Kier alpha value is -2.71. The Balaban J connectivity index is 3.42. The van der Waals surface area contributed by atoms with Gasteiger partial charge in [-0.05, 0) is 48.0 Å². The Kier molecular flexibility index (Phi) is 6.29. The van der Waals surface area contributed by atoms with Gasteiger partial charge in [-0.15, -0.1) is 0 Å². The first-order valence-electron chi connectivity index (χ1n) is 8.14. The van der Waals surface area contributed by atoms with Crippen LogP contribution in [0.3, 0.4) is 0 Å². The van der Waals surface area contributed by atoms with Crippen molar-refractivity contribution >= 4 is 23.7 Å². The van der Waals surface area contributed by atoms with Crippen molar-refractivity contribution in [3.8, 4) is 0 Å². The van der Waals surface area contributed by atoms with Gasteiger partial charge in [0.25, 0.3) is 5.69 Å². The van der Waals surface area contributed by atoms with Gasteiger partial charge in [0, 0.05) is 11.6 Å². The van der Waals surface area contributed by atoms with Gasteiger partial charge in [-0.2, -0.15) is 4.90 Å². The number of hydrogen-bond acceptors (Lipinski definition) is 7. The van der Waals surface area contributed by atoms with Crippen molar-refractivity contribution in [3.63, 3.8) is 0 Å². The molecule has 0 aliphatic rings. The number of amides is 2. The predicted molar refractivity (Wildman–Crippen MR) is 95.2 cm³/mol. The zero-order chi connectivity index (χ0) is 20.3. The molecule has 0 saturated carbocycles. The molecule has 0 fully saturated rings. The summed E-state index contributed by atoms with van der Waals surface area (Å²) in [6.07, 6.45) is -0.645. The first-order valence-corrected chi connectivity index (χ1v) is 8.14. The van der Waals surface area contributed by atoms with E-state index in [1.807, 2.05) is 0 Å². The van der Waals surface area contributed by atoms with E-state index in [1.54, 1.807) is 48.5 Å². The second-order valence-electron chi connectivity index (χ2n) is 7.58. The lowest BCUT2D eigenvalue weighted by molar-refractivity contribution is -0.385. The Morgan fingerprint density at radius 3 is 1.92 bits per heavy atom. The predicted octanol–water partition coefficient (Wildman–Crippen LogP) is 4.23. The van der Waals surface area contributed by atoms with Crippen LogP contribution in [-0.4, -0.2) is 33.3 Å². The van der Waals surface area contributed by atoms with Crippen molar-refractivity contribution in [3.05, 3.63) is 27.9 Å². The number of ether oxygens (including phenoxy) is 2. The van der Waals surface area contributed by atoms with E-state index in [1.165, 1.54) is 6.07 Å². The topological polar surface area (TPSA) is 112 Å². The third-order valence-corrected chi connectivity index (χ3v) is 2.88. The lowest BCUT2D eigenvalue weighted by Gasteiger charge is -2.28. The summed E-state index contributed by atoms with van der Waals surface area (Å²) in [7, 11) is 0. The van der Waals surface area contributed by atoms with Crippen molar-refractivity contribution in [1.82, 2.24) is 4.98 Å². The average molecular weight is 367 g/mol. The molecule has 0 aliphatic heterocycles. The zero-order valence-electron chi connectivity index (χ0n) is 16.2. The van der Waals surface area contributed by atoms with E-state index in [-0.39, 0.29) is 11.5 Å². The van der Waals surface area contributed by atoms with E-state index < -0.39 is 28.3 Å². The minimum Gasteiger partial charge on any atom is -0.443 e. The number of nitrogens with zero attached hydrogens (tertiary/aromatic N) is 3. The van der Waals surface area contributed by atoms with Crippen molar-refractivity contribution < 1.29 is 24.0 Å². The van der Waals surface area contributed by atoms with Gasteiger partial charge in [-0.3, -0.25) is 10.1 Å². The minimum atomic E-state index is -0.970. The van der Waals surface area contributed by atoms with Crippen LogP contribution < -0.4 is 4.90 Å². The summed E-state index contributed by atoms with van der Waals surface area (Å²) >= 11 is 0. The molecular formula is C17H25N3O6. The number of carbonyl (C=O) groups is 2. The van der Waals surface area contributed by atoms with Crippen molar-refractivity contribution in [2.75, 3.05) is 4.90 Å². The van der Waals surface area contributed by atoms with Gasteiger partial charge in [-0.25, -0.2) is 14.6 Å². The second-order valence-corrected chi connectivity index (χ2v) is 7.58. The molecule has 0 unspecified atom stereocenters. The molecule has 0 saturated heterocycles. The van der Waals surface area contributed by atoms with E-state index in [0.29, 0.717) is 16.9 Å². The Morgan fingerprint density at radius 1 is 1.12 bits per heavy atom. The van der Waals surface area contributed by atoms with E-state index in [9.17, 15) is 19.7 Å². The number of aromatic nitrogens is 1. The number of hydrogen-bond donors (Lipinski definition) is 0. The average Bonchev–Trinajstić information content (AvgIpc) is 2.43. The monoisotopic (exact) mass is 367 g/mol. The summed E-state index contributed by atoms with van der Waals surface area (Å²) in [6, 6.07) is 1.27. The van der Waals surface area contributed by atoms with Gasteiger partial charge < -0.3 is 9.47 Å². The maximum absolute atomic E-state index is 12.6.